The lowest BCUT2D eigenvalue weighted by atomic mass is 10.0. The second-order valence-electron chi connectivity index (χ2n) is 23.4. The first-order valence-electron chi connectivity index (χ1n) is 34.9. The molecule has 0 amide bonds. The summed E-state index contributed by atoms with van der Waals surface area (Å²) < 4.78 is 17.0. The zero-order valence-corrected chi connectivity index (χ0v) is 53.3. The Balaban J connectivity index is 4.17. The molecule has 0 aliphatic carbocycles. The van der Waals surface area contributed by atoms with Crippen molar-refractivity contribution in [3.63, 3.8) is 0 Å². The number of hydrogen-bond acceptors (Lipinski definition) is 6. The lowest BCUT2D eigenvalue weighted by molar-refractivity contribution is -0.167. The monoisotopic (exact) mass is 1120 g/mol. The van der Waals surface area contributed by atoms with E-state index in [1.165, 1.54) is 212 Å². The smallest absolute Gasteiger partial charge is 0.306 e. The summed E-state index contributed by atoms with van der Waals surface area (Å²) in [5.41, 5.74) is 0. The van der Waals surface area contributed by atoms with E-state index in [0.717, 1.165) is 109 Å². The Morgan fingerprint density at radius 1 is 0.263 bits per heavy atom. The van der Waals surface area contributed by atoms with Gasteiger partial charge in [-0.3, -0.25) is 14.4 Å². The van der Waals surface area contributed by atoms with E-state index in [9.17, 15) is 14.4 Å². The van der Waals surface area contributed by atoms with Crippen LogP contribution >= 0.6 is 0 Å². The van der Waals surface area contributed by atoms with Crippen molar-refractivity contribution in [3.05, 3.63) is 72.9 Å². The third kappa shape index (κ3) is 65.7. The molecule has 0 radical (unpaired) electrons. The van der Waals surface area contributed by atoms with Crippen LogP contribution in [-0.4, -0.2) is 37.2 Å². The van der Waals surface area contributed by atoms with Crippen molar-refractivity contribution in [2.24, 2.45) is 0 Å². The second-order valence-corrected chi connectivity index (χ2v) is 23.4. The van der Waals surface area contributed by atoms with Crippen LogP contribution in [-0.2, 0) is 28.6 Å². The molecule has 464 valence electrons. The van der Waals surface area contributed by atoms with Gasteiger partial charge >= 0.3 is 17.9 Å². The Hall–Kier alpha value is -3.15. The molecule has 0 spiro atoms. The summed E-state index contributed by atoms with van der Waals surface area (Å²) in [6.45, 7) is 6.51. The van der Waals surface area contributed by atoms with Gasteiger partial charge in [0.25, 0.3) is 0 Å². The molecule has 0 aliphatic heterocycles. The fourth-order valence-corrected chi connectivity index (χ4v) is 10.2. The summed E-state index contributed by atoms with van der Waals surface area (Å²) in [5, 5.41) is 0. The van der Waals surface area contributed by atoms with Crippen LogP contribution in [0.15, 0.2) is 72.9 Å². The van der Waals surface area contributed by atoms with Crippen LogP contribution in [0.3, 0.4) is 0 Å². The number of rotatable bonds is 64. The first-order valence-corrected chi connectivity index (χ1v) is 34.9. The molecule has 0 saturated carbocycles. The fourth-order valence-electron chi connectivity index (χ4n) is 10.2. The largest absolute Gasteiger partial charge is 0.462 e. The van der Waals surface area contributed by atoms with Crippen molar-refractivity contribution in [2.75, 3.05) is 13.2 Å². The molecule has 0 aromatic carbocycles. The summed E-state index contributed by atoms with van der Waals surface area (Å²) in [5.74, 6) is -0.866. The van der Waals surface area contributed by atoms with Gasteiger partial charge in [-0.1, -0.05) is 331 Å². The van der Waals surface area contributed by atoms with Gasteiger partial charge < -0.3 is 14.2 Å². The fraction of sp³-hybridized carbons (Fsp3) is 0.797. The first-order chi connectivity index (χ1) is 39.5. The molecule has 80 heavy (non-hydrogen) atoms. The van der Waals surface area contributed by atoms with Crippen LogP contribution in [0.25, 0.3) is 0 Å². The predicted molar refractivity (Wildman–Crippen MR) is 348 cm³/mol. The van der Waals surface area contributed by atoms with Crippen molar-refractivity contribution in [1.29, 1.82) is 0 Å². The normalized spacial score (nSPS) is 12.5. The van der Waals surface area contributed by atoms with Crippen LogP contribution in [0, 0.1) is 0 Å². The van der Waals surface area contributed by atoms with Crippen LogP contribution in [0.5, 0.6) is 0 Å². The molecule has 0 saturated heterocycles. The molecule has 1 atom stereocenters. The van der Waals surface area contributed by atoms with E-state index in [1.807, 2.05) is 0 Å². The molecule has 0 rings (SSSR count). The van der Waals surface area contributed by atoms with Crippen LogP contribution in [0.2, 0.25) is 0 Å². The third-order valence-corrected chi connectivity index (χ3v) is 15.4. The predicted octanol–water partition coefficient (Wildman–Crippen LogP) is 24.1. The highest BCUT2D eigenvalue weighted by atomic mass is 16.6. The van der Waals surface area contributed by atoms with E-state index in [4.69, 9.17) is 14.2 Å². The molecule has 1 unspecified atom stereocenters. The molecule has 0 N–H and O–H groups in total. The van der Waals surface area contributed by atoms with Gasteiger partial charge in [-0.2, -0.15) is 0 Å². The molecule has 6 nitrogen and oxygen atoms in total. The molecule has 0 aliphatic rings. The minimum Gasteiger partial charge on any atom is -0.462 e. The van der Waals surface area contributed by atoms with Crippen molar-refractivity contribution in [3.8, 4) is 0 Å². The van der Waals surface area contributed by atoms with Gasteiger partial charge in [0.05, 0.1) is 0 Å². The molecule has 6 heteroatoms. The maximum Gasteiger partial charge on any atom is 0.306 e. The lowest BCUT2D eigenvalue weighted by Gasteiger charge is -2.18. The van der Waals surface area contributed by atoms with Gasteiger partial charge in [-0.05, 0) is 83.5 Å². The van der Waals surface area contributed by atoms with E-state index < -0.39 is 6.10 Å². The van der Waals surface area contributed by atoms with Gasteiger partial charge in [0.1, 0.15) is 13.2 Å². The number of ether oxygens (including phenoxy) is 3. The van der Waals surface area contributed by atoms with Crippen molar-refractivity contribution >= 4 is 17.9 Å². The maximum atomic E-state index is 12.9. The zero-order chi connectivity index (χ0) is 57.8. The number of carbonyl (C=O) groups is 3. The van der Waals surface area contributed by atoms with E-state index >= 15 is 0 Å². The average Bonchev–Trinajstić information content (AvgIpc) is 3.46. The van der Waals surface area contributed by atoms with Gasteiger partial charge in [-0.25, -0.2) is 0 Å². The van der Waals surface area contributed by atoms with Gasteiger partial charge in [-0.15, -0.1) is 0 Å². The van der Waals surface area contributed by atoms with Crippen molar-refractivity contribution in [2.45, 2.75) is 367 Å². The Kier molecular flexibility index (Phi) is 65.7. The van der Waals surface area contributed by atoms with Gasteiger partial charge in [0.2, 0.25) is 0 Å². The highest BCUT2D eigenvalue weighted by Gasteiger charge is 2.19. The van der Waals surface area contributed by atoms with Crippen LogP contribution in [0.1, 0.15) is 361 Å². The summed E-state index contributed by atoms with van der Waals surface area (Å²) >= 11 is 0. The first kappa shape index (κ1) is 76.9. The molecular formula is C74H132O6. The summed E-state index contributed by atoms with van der Waals surface area (Å²) in [6.07, 6.45) is 89.4. The maximum absolute atomic E-state index is 12.9. The van der Waals surface area contributed by atoms with E-state index in [-0.39, 0.29) is 31.1 Å². The molecule has 0 fully saturated rings. The van der Waals surface area contributed by atoms with Crippen molar-refractivity contribution in [1.82, 2.24) is 0 Å². The zero-order valence-electron chi connectivity index (χ0n) is 53.3. The van der Waals surface area contributed by atoms with Crippen LogP contribution in [0.4, 0.5) is 0 Å². The number of esters is 3. The number of hydrogen-bond donors (Lipinski definition) is 0. The molecular weight excluding hydrogens is 985 g/mol. The molecule has 0 heterocycles. The van der Waals surface area contributed by atoms with Gasteiger partial charge in [0.15, 0.2) is 6.10 Å². The quantitative estimate of drug-likeness (QED) is 0.0261. The number of unbranched alkanes of at least 4 members (excludes halogenated alkanes) is 41. The van der Waals surface area contributed by atoms with E-state index in [2.05, 4.69) is 93.7 Å². The lowest BCUT2D eigenvalue weighted by Crippen LogP contribution is -2.30. The van der Waals surface area contributed by atoms with Gasteiger partial charge in [0, 0.05) is 19.3 Å². The van der Waals surface area contributed by atoms with Crippen LogP contribution < -0.4 is 0 Å². The average molecular weight is 1120 g/mol. The minimum absolute atomic E-state index is 0.0743. The summed E-state index contributed by atoms with van der Waals surface area (Å²) in [6, 6.07) is 0. The minimum atomic E-state index is -0.778. The van der Waals surface area contributed by atoms with Crippen molar-refractivity contribution < 1.29 is 28.6 Å². The Morgan fingerprint density at radius 3 is 0.812 bits per heavy atom. The SMILES string of the molecule is CC/C=C\C/C=C\C/C=C\C/C=C\CCCCCCCCCCCCCCCCCCCCC(=O)OCC(COC(=O)CCCCCCC/C=C\C/C=C\CCC)OC(=O)CCCCCCCCCCCCCCCCCCCC. The number of allylic oxidation sites excluding steroid dienone is 12. The molecule has 0 aromatic rings. The summed E-state index contributed by atoms with van der Waals surface area (Å²) in [4.78, 5) is 38.4. The highest BCUT2D eigenvalue weighted by molar-refractivity contribution is 5.71. The Labute approximate surface area is 497 Å². The number of carbonyl (C=O) groups excluding carboxylic acids is 3. The standard InChI is InChI=1S/C74H132O6/c1-4-7-10-13-16-19-22-25-27-29-31-32-33-34-35-36-37-38-39-40-41-42-43-45-46-49-52-55-58-61-64-67-73(76)79-70-71(69-78-72(75)66-63-60-57-54-51-48-24-21-18-15-12-9-6-3)80-74(77)68-65-62-59-56-53-50-47-44-30-28-26-23-20-17-14-11-8-5-2/h7,10,12,15-16,19,21,24-25,27,31-32,71H,4-6,8-9,11,13-14,17-18,20,22-23,26,28-30,33-70H2,1-3H3/b10-7-,15-12-,19-16-,24-21-,27-25-,32-31-. The summed E-state index contributed by atoms with van der Waals surface area (Å²) in [7, 11) is 0. The second kappa shape index (κ2) is 68.3. The topological polar surface area (TPSA) is 78.9 Å². The van der Waals surface area contributed by atoms with E-state index in [0.29, 0.717) is 19.3 Å². The Bertz CT molecular complexity index is 1470. The molecule has 0 bridgehead atoms. The third-order valence-electron chi connectivity index (χ3n) is 15.4. The highest BCUT2D eigenvalue weighted by Crippen LogP contribution is 2.18. The molecule has 0 aromatic heterocycles. The Morgan fingerprint density at radius 2 is 0.512 bits per heavy atom. The van der Waals surface area contributed by atoms with E-state index in [1.54, 1.807) is 0 Å².